The first-order valence-electron chi connectivity index (χ1n) is 8.43. The van der Waals surface area contributed by atoms with Crippen LogP contribution in [-0.4, -0.2) is 49.5 Å². The van der Waals surface area contributed by atoms with Gasteiger partial charge in [0, 0.05) is 5.69 Å². The Morgan fingerprint density at radius 3 is 2.75 bits per heavy atom. The Labute approximate surface area is 159 Å². The molecule has 2 aromatic carbocycles. The summed E-state index contributed by atoms with van der Waals surface area (Å²) in [6.07, 6.45) is 1.41. The van der Waals surface area contributed by atoms with Gasteiger partial charge in [-0.25, -0.2) is 4.79 Å². The summed E-state index contributed by atoms with van der Waals surface area (Å²) in [5, 5.41) is 16.3. The molecular formula is C18H15N7O3. The number of hydrogen-bond acceptors (Lipinski definition) is 6. The van der Waals surface area contributed by atoms with Crippen LogP contribution in [0.2, 0.25) is 0 Å². The van der Waals surface area contributed by atoms with Crippen molar-refractivity contribution in [3.05, 3.63) is 66.0 Å². The number of nitrogens with one attached hydrogen (secondary N) is 2. The second-order valence-electron chi connectivity index (χ2n) is 6.06. The zero-order valence-electron chi connectivity index (χ0n) is 14.6. The van der Waals surface area contributed by atoms with Crippen LogP contribution >= 0.6 is 0 Å². The van der Waals surface area contributed by atoms with Crippen molar-refractivity contribution < 1.29 is 14.4 Å². The van der Waals surface area contributed by atoms with Crippen molar-refractivity contribution in [2.75, 3.05) is 11.9 Å². The lowest BCUT2D eigenvalue weighted by molar-refractivity contribution is -0.125. The summed E-state index contributed by atoms with van der Waals surface area (Å²) in [6, 6.07) is 13.5. The fourth-order valence-electron chi connectivity index (χ4n) is 2.88. The molecule has 4 rings (SSSR count). The maximum Gasteiger partial charge on any atom is 0.324 e. The third-order valence-electron chi connectivity index (χ3n) is 4.21. The van der Waals surface area contributed by atoms with E-state index < -0.39 is 6.03 Å². The van der Waals surface area contributed by atoms with Crippen LogP contribution in [0, 0.1) is 0 Å². The minimum Gasteiger partial charge on any atom is -0.329 e. The van der Waals surface area contributed by atoms with Crippen molar-refractivity contribution in [3.8, 4) is 5.69 Å². The predicted molar refractivity (Wildman–Crippen MR) is 97.5 cm³/mol. The molecule has 2 N–H and O–H groups in total. The summed E-state index contributed by atoms with van der Waals surface area (Å²) in [7, 11) is 0. The molecule has 10 nitrogen and oxygen atoms in total. The first-order chi connectivity index (χ1) is 13.6. The van der Waals surface area contributed by atoms with Crippen LogP contribution in [0.4, 0.5) is 10.5 Å². The first-order valence-corrected chi connectivity index (χ1v) is 8.43. The number of urea groups is 1. The van der Waals surface area contributed by atoms with E-state index in [1.165, 1.54) is 11.0 Å². The Kier molecular flexibility index (Phi) is 4.50. The lowest BCUT2D eigenvalue weighted by Gasteiger charge is -2.14. The number of para-hydroxylation sites is 1. The second kappa shape index (κ2) is 7.27. The van der Waals surface area contributed by atoms with Gasteiger partial charge >= 0.3 is 6.03 Å². The lowest BCUT2D eigenvalue weighted by atomic mass is 10.1. The Morgan fingerprint density at radius 1 is 1.14 bits per heavy atom. The molecule has 2 heterocycles. The Morgan fingerprint density at radius 2 is 2.00 bits per heavy atom. The number of carbonyl (C=O) groups excluding carboxylic acids is 3. The molecule has 1 aromatic heterocycles. The third-order valence-corrected chi connectivity index (χ3v) is 4.21. The minimum atomic E-state index is -0.421. The maximum absolute atomic E-state index is 12.8. The number of tetrazole rings is 1. The van der Waals surface area contributed by atoms with Gasteiger partial charge in [0.05, 0.1) is 24.3 Å². The number of benzene rings is 2. The van der Waals surface area contributed by atoms with E-state index in [9.17, 15) is 14.4 Å². The van der Waals surface area contributed by atoms with Gasteiger partial charge in [-0.1, -0.05) is 24.3 Å². The smallest absolute Gasteiger partial charge is 0.324 e. The van der Waals surface area contributed by atoms with Gasteiger partial charge in [0.2, 0.25) is 5.91 Å². The number of anilines is 1. The largest absolute Gasteiger partial charge is 0.329 e. The molecule has 0 saturated carbocycles. The van der Waals surface area contributed by atoms with E-state index >= 15 is 0 Å². The van der Waals surface area contributed by atoms with Gasteiger partial charge in [0.1, 0.15) is 6.33 Å². The van der Waals surface area contributed by atoms with E-state index in [2.05, 4.69) is 26.2 Å². The molecule has 10 heteroatoms. The highest BCUT2D eigenvalue weighted by Crippen LogP contribution is 2.18. The van der Waals surface area contributed by atoms with Gasteiger partial charge in [-0.05, 0) is 40.3 Å². The molecule has 0 spiro atoms. The van der Waals surface area contributed by atoms with Gasteiger partial charge in [-0.3, -0.25) is 14.5 Å². The zero-order chi connectivity index (χ0) is 19.5. The Bertz CT molecular complexity index is 1030. The topological polar surface area (TPSA) is 122 Å². The highest BCUT2D eigenvalue weighted by Gasteiger charge is 2.28. The molecule has 1 saturated heterocycles. The molecule has 140 valence electrons. The first kappa shape index (κ1) is 17.3. The number of aromatic nitrogens is 4. The van der Waals surface area contributed by atoms with Crippen molar-refractivity contribution in [2.45, 2.75) is 6.54 Å². The average Bonchev–Trinajstić information content (AvgIpc) is 3.34. The molecule has 1 aliphatic rings. The molecule has 0 atom stereocenters. The lowest BCUT2D eigenvalue weighted by Crippen LogP contribution is -2.30. The minimum absolute atomic E-state index is 0.00316. The van der Waals surface area contributed by atoms with Crippen LogP contribution < -0.4 is 10.6 Å². The standard InChI is InChI=1S/C18H15N7O3/c26-16-9-19-18(28)24(16)10-12-4-3-5-13(8-12)21-17(27)14-6-1-2-7-15(14)25-11-20-22-23-25/h1-8,11H,9-10H2,(H,19,28)(H,21,27). The van der Waals surface area contributed by atoms with Crippen molar-refractivity contribution in [3.63, 3.8) is 0 Å². The van der Waals surface area contributed by atoms with Crippen LogP contribution in [0.1, 0.15) is 15.9 Å². The maximum atomic E-state index is 12.8. The van der Waals surface area contributed by atoms with E-state index in [1.807, 2.05) is 0 Å². The fourth-order valence-corrected chi connectivity index (χ4v) is 2.88. The molecule has 0 aliphatic carbocycles. The van der Waals surface area contributed by atoms with Crippen LogP contribution in [0.3, 0.4) is 0 Å². The number of carbonyl (C=O) groups is 3. The fraction of sp³-hybridized carbons (Fsp3) is 0.111. The quantitative estimate of drug-likeness (QED) is 0.639. The predicted octanol–water partition coefficient (Wildman–Crippen LogP) is 0.966. The highest BCUT2D eigenvalue weighted by molar-refractivity contribution is 6.06. The molecule has 1 aliphatic heterocycles. The summed E-state index contributed by atoms with van der Waals surface area (Å²) in [5.74, 6) is -0.618. The number of hydrogen-bond donors (Lipinski definition) is 2. The number of rotatable bonds is 5. The summed E-state index contributed by atoms with van der Waals surface area (Å²) in [4.78, 5) is 37.3. The summed E-state index contributed by atoms with van der Waals surface area (Å²) in [6.45, 7) is 0.138. The van der Waals surface area contributed by atoms with E-state index in [-0.39, 0.29) is 24.9 Å². The monoisotopic (exact) mass is 377 g/mol. The molecule has 3 aromatic rings. The number of amides is 4. The van der Waals surface area contributed by atoms with E-state index in [4.69, 9.17) is 0 Å². The van der Waals surface area contributed by atoms with Crippen molar-refractivity contribution in [1.82, 2.24) is 30.4 Å². The van der Waals surface area contributed by atoms with Crippen LogP contribution in [0.5, 0.6) is 0 Å². The van der Waals surface area contributed by atoms with E-state index in [0.29, 0.717) is 16.9 Å². The molecule has 0 bridgehead atoms. The van der Waals surface area contributed by atoms with Gasteiger partial charge in [-0.15, -0.1) is 5.10 Å². The van der Waals surface area contributed by atoms with Gasteiger partial charge in [0.25, 0.3) is 5.91 Å². The van der Waals surface area contributed by atoms with E-state index in [0.717, 1.165) is 10.5 Å². The van der Waals surface area contributed by atoms with Gasteiger partial charge < -0.3 is 10.6 Å². The van der Waals surface area contributed by atoms with Crippen LogP contribution in [0.15, 0.2) is 54.9 Å². The average molecular weight is 377 g/mol. The number of imide groups is 1. The van der Waals surface area contributed by atoms with Crippen molar-refractivity contribution in [1.29, 1.82) is 0 Å². The SMILES string of the molecule is O=C(Nc1cccc(CN2C(=O)CNC2=O)c1)c1ccccc1-n1cnnn1. The molecule has 1 fully saturated rings. The van der Waals surface area contributed by atoms with Gasteiger partial charge in [0.15, 0.2) is 0 Å². The summed E-state index contributed by atoms with van der Waals surface area (Å²) >= 11 is 0. The Hall–Kier alpha value is -4.08. The van der Waals surface area contributed by atoms with E-state index in [1.54, 1.807) is 48.5 Å². The highest BCUT2D eigenvalue weighted by atomic mass is 16.2. The number of nitrogens with zero attached hydrogens (tertiary/aromatic N) is 5. The zero-order valence-corrected chi connectivity index (χ0v) is 14.6. The normalized spacial score (nSPS) is 13.5. The summed E-state index contributed by atoms with van der Waals surface area (Å²) in [5.41, 5.74) is 2.20. The van der Waals surface area contributed by atoms with Crippen molar-refractivity contribution >= 4 is 23.5 Å². The Balaban J connectivity index is 1.53. The van der Waals surface area contributed by atoms with Crippen molar-refractivity contribution in [2.24, 2.45) is 0 Å². The summed E-state index contributed by atoms with van der Waals surface area (Å²) < 4.78 is 1.41. The third kappa shape index (κ3) is 3.43. The molecule has 0 radical (unpaired) electrons. The molecule has 0 unspecified atom stereocenters. The molecule has 28 heavy (non-hydrogen) atoms. The second-order valence-corrected chi connectivity index (χ2v) is 6.06. The molecular weight excluding hydrogens is 362 g/mol. The molecule has 4 amide bonds. The van der Waals surface area contributed by atoms with Crippen LogP contribution in [0.25, 0.3) is 5.69 Å². The van der Waals surface area contributed by atoms with Gasteiger partial charge in [-0.2, -0.15) is 4.68 Å². The van der Waals surface area contributed by atoms with Crippen LogP contribution in [-0.2, 0) is 11.3 Å².